The van der Waals surface area contributed by atoms with Crippen LogP contribution in [0, 0.1) is 6.92 Å². The van der Waals surface area contributed by atoms with Crippen LogP contribution in [-0.4, -0.2) is 20.5 Å². The first kappa shape index (κ1) is 20.2. The molecule has 0 radical (unpaired) electrons. The van der Waals surface area contributed by atoms with Crippen molar-refractivity contribution in [3.8, 4) is 0 Å². The number of sulfonamides is 1. The minimum Gasteiger partial charge on any atom is -0.364 e. The summed E-state index contributed by atoms with van der Waals surface area (Å²) in [5, 5.41) is 7.90. The molecule has 28 heavy (non-hydrogen) atoms. The fourth-order valence-corrected chi connectivity index (χ4v) is 4.01. The molecule has 1 atom stereocenters. The van der Waals surface area contributed by atoms with Crippen molar-refractivity contribution in [3.05, 3.63) is 53.1 Å². The number of halogens is 3. The molecule has 0 fully saturated rings. The summed E-state index contributed by atoms with van der Waals surface area (Å²) < 4.78 is 63.6. The molecule has 2 aromatic carbocycles. The van der Waals surface area contributed by atoms with Gasteiger partial charge in [0.1, 0.15) is 6.17 Å². The van der Waals surface area contributed by atoms with Gasteiger partial charge in [0.05, 0.1) is 16.0 Å². The lowest BCUT2D eigenvalue weighted by Gasteiger charge is -2.38. The zero-order chi connectivity index (χ0) is 20.9. The molecule has 1 aliphatic heterocycles. The van der Waals surface area contributed by atoms with Crippen molar-refractivity contribution in [2.45, 2.75) is 37.5 Å². The number of alkyl halides is 3. The van der Waals surface area contributed by atoms with Crippen LogP contribution >= 0.6 is 0 Å². The van der Waals surface area contributed by atoms with Crippen LogP contribution in [0.4, 0.5) is 24.5 Å². The van der Waals surface area contributed by atoms with E-state index in [-0.39, 0.29) is 11.3 Å². The molecule has 6 nitrogen and oxygen atoms in total. The van der Waals surface area contributed by atoms with Crippen molar-refractivity contribution >= 4 is 27.3 Å². The van der Waals surface area contributed by atoms with Crippen LogP contribution in [0.3, 0.4) is 0 Å². The van der Waals surface area contributed by atoms with Gasteiger partial charge in [-0.2, -0.15) is 13.2 Å². The highest BCUT2D eigenvalue weighted by molar-refractivity contribution is 7.89. The molecule has 1 unspecified atom stereocenters. The normalized spacial score (nSPS) is 17.3. The highest BCUT2D eigenvalue weighted by Gasteiger charge is 2.41. The van der Waals surface area contributed by atoms with Gasteiger partial charge in [-0.3, -0.25) is 9.69 Å². The van der Waals surface area contributed by atoms with E-state index in [0.29, 0.717) is 24.2 Å². The van der Waals surface area contributed by atoms with Gasteiger partial charge < -0.3 is 5.32 Å². The third-order valence-electron chi connectivity index (χ3n) is 4.58. The lowest BCUT2D eigenvalue weighted by Crippen LogP contribution is -2.49. The zero-order valence-electron chi connectivity index (χ0n) is 15.0. The van der Waals surface area contributed by atoms with E-state index >= 15 is 0 Å². The summed E-state index contributed by atoms with van der Waals surface area (Å²) in [5.41, 5.74) is -0.313. The van der Waals surface area contributed by atoms with Crippen LogP contribution in [-0.2, 0) is 16.2 Å². The molecule has 1 heterocycles. The van der Waals surface area contributed by atoms with Crippen molar-refractivity contribution in [2.24, 2.45) is 5.14 Å². The van der Waals surface area contributed by atoms with E-state index in [2.05, 4.69) is 5.32 Å². The van der Waals surface area contributed by atoms with Gasteiger partial charge in [0, 0.05) is 11.4 Å². The summed E-state index contributed by atoms with van der Waals surface area (Å²) in [6.07, 6.45) is -5.13. The highest BCUT2D eigenvalue weighted by atomic mass is 32.2. The molecule has 1 amide bonds. The molecule has 2 aromatic rings. The van der Waals surface area contributed by atoms with Crippen LogP contribution in [0.5, 0.6) is 0 Å². The molecule has 0 saturated heterocycles. The van der Waals surface area contributed by atoms with Gasteiger partial charge in [-0.15, -0.1) is 0 Å². The fourth-order valence-electron chi connectivity index (χ4n) is 3.24. The number of nitrogens with one attached hydrogen (secondary N) is 1. The van der Waals surface area contributed by atoms with Crippen LogP contribution in [0.15, 0.2) is 41.3 Å². The molecular formula is C18H18F3N3O3S. The molecule has 0 saturated carbocycles. The Morgan fingerprint density at radius 1 is 1.21 bits per heavy atom. The standard InChI is InChI=1S/C18H18F3N3O3S/c1-3-16-23-13-9-12(18(19,20)21)15(28(22,26)27)8-11(13)17(25)24(16)14-7-5-4-6-10(14)2/h4-9,16,23H,3H2,1-2H3,(H2,22,26,27). The first-order chi connectivity index (χ1) is 12.9. The number of nitrogens with zero attached hydrogens (tertiary/aromatic N) is 1. The Hall–Kier alpha value is -2.59. The van der Waals surface area contributed by atoms with E-state index in [1.54, 1.807) is 38.1 Å². The van der Waals surface area contributed by atoms with Gasteiger partial charge in [-0.25, -0.2) is 13.6 Å². The van der Waals surface area contributed by atoms with E-state index in [9.17, 15) is 26.4 Å². The van der Waals surface area contributed by atoms with E-state index in [1.165, 1.54) is 4.90 Å². The van der Waals surface area contributed by atoms with Crippen molar-refractivity contribution in [3.63, 3.8) is 0 Å². The molecule has 150 valence electrons. The fraction of sp³-hybridized carbons (Fsp3) is 0.278. The van der Waals surface area contributed by atoms with Gasteiger partial charge in [-0.1, -0.05) is 25.1 Å². The lowest BCUT2D eigenvalue weighted by molar-refractivity contribution is -0.139. The first-order valence-electron chi connectivity index (χ1n) is 8.39. The summed E-state index contributed by atoms with van der Waals surface area (Å²) in [5.74, 6) is -0.603. The molecule has 1 aliphatic rings. The number of amides is 1. The first-order valence-corrected chi connectivity index (χ1v) is 9.93. The van der Waals surface area contributed by atoms with Crippen molar-refractivity contribution in [1.82, 2.24) is 0 Å². The second-order valence-corrected chi connectivity index (χ2v) is 8.00. The second kappa shape index (κ2) is 6.78. The number of nitrogens with two attached hydrogens (primary N) is 1. The van der Waals surface area contributed by atoms with E-state index in [0.717, 1.165) is 5.56 Å². The van der Waals surface area contributed by atoms with Crippen LogP contribution in [0.25, 0.3) is 0 Å². The Kier molecular flexibility index (Phi) is 4.88. The average molecular weight is 413 g/mol. The number of carbonyl (C=O) groups excluding carboxylic acids is 1. The molecule has 0 spiro atoms. The second-order valence-electron chi connectivity index (χ2n) is 6.47. The Bertz CT molecular complexity index is 1050. The van der Waals surface area contributed by atoms with Crippen molar-refractivity contribution < 1.29 is 26.4 Å². The Morgan fingerprint density at radius 2 is 1.86 bits per heavy atom. The number of primary sulfonamides is 1. The predicted molar refractivity (Wildman–Crippen MR) is 98.5 cm³/mol. The maximum absolute atomic E-state index is 13.4. The summed E-state index contributed by atoms with van der Waals surface area (Å²) in [4.78, 5) is 13.4. The van der Waals surface area contributed by atoms with E-state index < -0.39 is 38.7 Å². The maximum Gasteiger partial charge on any atom is 0.417 e. The quantitative estimate of drug-likeness (QED) is 0.806. The topological polar surface area (TPSA) is 92.5 Å². The van der Waals surface area contributed by atoms with Gasteiger partial charge in [0.15, 0.2) is 0 Å². The van der Waals surface area contributed by atoms with Crippen molar-refractivity contribution in [1.29, 1.82) is 0 Å². The number of benzene rings is 2. The smallest absolute Gasteiger partial charge is 0.364 e. The average Bonchev–Trinajstić information content (AvgIpc) is 2.60. The Morgan fingerprint density at radius 3 is 2.39 bits per heavy atom. The number of fused-ring (bicyclic) bond motifs is 1. The number of hydrogen-bond acceptors (Lipinski definition) is 4. The molecular weight excluding hydrogens is 395 g/mol. The number of hydrogen-bond donors (Lipinski definition) is 2. The number of anilines is 2. The van der Waals surface area contributed by atoms with Crippen molar-refractivity contribution in [2.75, 3.05) is 10.2 Å². The third kappa shape index (κ3) is 3.45. The SMILES string of the molecule is CCC1Nc2cc(C(F)(F)F)c(S(N)(=O)=O)cc2C(=O)N1c1ccccc1C. The van der Waals surface area contributed by atoms with Gasteiger partial charge >= 0.3 is 6.18 Å². The maximum atomic E-state index is 13.4. The summed E-state index contributed by atoms with van der Waals surface area (Å²) >= 11 is 0. The Labute approximate surface area is 160 Å². The minimum atomic E-state index is -4.95. The predicted octanol–water partition coefficient (Wildman–Crippen LogP) is 3.47. The molecule has 10 heteroatoms. The van der Waals surface area contributed by atoms with Crippen LogP contribution in [0.2, 0.25) is 0 Å². The van der Waals surface area contributed by atoms with Gasteiger partial charge in [0.2, 0.25) is 10.0 Å². The number of aryl methyl sites for hydroxylation is 1. The lowest BCUT2D eigenvalue weighted by atomic mass is 10.0. The van der Waals surface area contributed by atoms with Gasteiger partial charge in [0.25, 0.3) is 5.91 Å². The molecule has 0 aromatic heterocycles. The van der Waals surface area contributed by atoms with Gasteiger partial charge in [-0.05, 0) is 37.1 Å². The Balaban J connectivity index is 2.24. The highest BCUT2D eigenvalue weighted by Crippen LogP contribution is 2.40. The van der Waals surface area contributed by atoms with E-state index in [4.69, 9.17) is 5.14 Å². The molecule has 0 aliphatic carbocycles. The zero-order valence-corrected chi connectivity index (χ0v) is 15.9. The monoisotopic (exact) mass is 413 g/mol. The third-order valence-corrected chi connectivity index (χ3v) is 5.53. The van der Waals surface area contributed by atoms with E-state index in [1.807, 2.05) is 0 Å². The van der Waals surface area contributed by atoms with Crippen LogP contribution < -0.4 is 15.4 Å². The largest absolute Gasteiger partial charge is 0.417 e. The van der Waals surface area contributed by atoms with Crippen LogP contribution in [0.1, 0.15) is 34.8 Å². The summed E-state index contributed by atoms with van der Waals surface area (Å²) in [7, 11) is -4.70. The summed E-state index contributed by atoms with van der Waals surface area (Å²) in [6.45, 7) is 3.58. The summed E-state index contributed by atoms with van der Waals surface area (Å²) in [6, 6.07) is 8.37. The minimum absolute atomic E-state index is 0.0820. The molecule has 3 rings (SSSR count). The molecule has 0 bridgehead atoms. The molecule has 3 N–H and O–H groups in total. The number of carbonyl (C=O) groups is 1. The number of rotatable bonds is 3. The number of para-hydroxylation sites is 1.